The number of carbonyl (C=O) groups is 3. The molecule has 2 aromatic rings. The van der Waals surface area contributed by atoms with Gasteiger partial charge in [-0.2, -0.15) is 0 Å². The number of likely N-dealkylation sites (tertiary alicyclic amines) is 1. The highest BCUT2D eigenvalue weighted by Crippen LogP contribution is 2.48. The fourth-order valence-corrected chi connectivity index (χ4v) is 7.50. The fraction of sp³-hybridized carbons (Fsp3) is 0.393. The zero-order valence-corrected chi connectivity index (χ0v) is 23.1. The number of piperidine rings is 1. The number of hydrogen-bond donors (Lipinski definition) is 3. The van der Waals surface area contributed by atoms with Gasteiger partial charge in [0.2, 0.25) is 5.91 Å². The van der Waals surface area contributed by atoms with Crippen LogP contribution in [0.15, 0.2) is 59.1 Å². The first-order chi connectivity index (χ1) is 18.9. The summed E-state index contributed by atoms with van der Waals surface area (Å²) in [5, 5.41) is 9.65. The normalized spacial score (nSPS) is 25.8. The van der Waals surface area contributed by atoms with Gasteiger partial charge in [-0.05, 0) is 62.2 Å². The summed E-state index contributed by atoms with van der Waals surface area (Å²) in [5.41, 5.74) is 2.45. The summed E-state index contributed by atoms with van der Waals surface area (Å²) in [4.78, 5) is 42.9. The Bertz CT molecular complexity index is 1340. The second kappa shape index (κ2) is 10.7. The number of anilines is 1. The maximum Gasteiger partial charge on any atom is 0.326 e. The summed E-state index contributed by atoms with van der Waals surface area (Å²) in [6.45, 7) is 3.75. The van der Waals surface area contributed by atoms with E-state index in [9.17, 15) is 14.4 Å². The fourth-order valence-electron chi connectivity index (χ4n) is 5.93. The number of para-hydroxylation sites is 1. The van der Waals surface area contributed by atoms with Gasteiger partial charge in [0.15, 0.2) is 0 Å². The van der Waals surface area contributed by atoms with Crippen LogP contribution in [-0.4, -0.2) is 65.7 Å². The third-order valence-corrected chi connectivity index (χ3v) is 9.33. The lowest BCUT2D eigenvalue weighted by atomic mass is 9.86. The molecule has 11 heteroatoms. The summed E-state index contributed by atoms with van der Waals surface area (Å²) in [6.07, 6.45) is 1.45. The lowest BCUT2D eigenvalue weighted by Crippen LogP contribution is -2.62. The highest BCUT2D eigenvalue weighted by atomic mass is 35.5. The van der Waals surface area contributed by atoms with Crippen LogP contribution in [0.5, 0.6) is 11.5 Å². The molecular formula is C28H30ClN5O4S. The molecule has 9 nitrogen and oxygen atoms in total. The van der Waals surface area contributed by atoms with Gasteiger partial charge in [0.25, 0.3) is 5.91 Å². The molecule has 0 radical (unpaired) electrons. The minimum Gasteiger partial charge on any atom is -0.457 e. The first kappa shape index (κ1) is 26.0. The Labute approximate surface area is 236 Å². The third kappa shape index (κ3) is 4.97. The molecule has 204 valence electrons. The summed E-state index contributed by atoms with van der Waals surface area (Å²) in [6, 6.07) is 14.9. The number of halogens is 1. The van der Waals surface area contributed by atoms with Gasteiger partial charge >= 0.3 is 6.03 Å². The Morgan fingerprint density at radius 1 is 1.15 bits per heavy atom. The van der Waals surface area contributed by atoms with Crippen LogP contribution in [0, 0.1) is 12.8 Å². The highest BCUT2D eigenvalue weighted by Gasteiger charge is 2.52. The van der Waals surface area contributed by atoms with E-state index in [0.29, 0.717) is 35.9 Å². The van der Waals surface area contributed by atoms with Crippen molar-refractivity contribution in [3.63, 3.8) is 0 Å². The number of hydrogen-bond acceptors (Lipinski definition) is 6. The first-order valence-corrected chi connectivity index (χ1v) is 14.6. The van der Waals surface area contributed by atoms with Crippen molar-refractivity contribution in [2.75, 3.05) is 30.4 Å². The number of alkyl halides is 1. The largest absolute Gasteiger partial charge is 0.457 e. The van der Waals surface area contributed by atoms with Gasteiger partial charge in [-0.25, -0.2) is 4.79 Å². The van der Waals surface area contributed by atoms with Crippen molar-refractivity contribution in [1.29, 1.82) is 0 Å². The van der Waals surface area contributed by atoms with E-state index in [0.717, 1.165) is 30.0 Å². The lowest BCUT2D eigenvalue weighted by Gasteiger charge is -2.46. The number of amides is 4. The molecule has 0 saturated carbocycles. The average molecular weight is 568 g/mol. The summed E-state index contributed by atoms with van der Waals surface area (Å²) in [5.74, 6) is 1.02. The molecule has 4 amide bonds. The quantitative estimate of drug-likeness (QED) is 0.462. The van der Waals surface area contributed by atoms with E-state index in [1.807, 2.05) is 60.4 Å². The second-order valence-corrected chi connectivity index (χ2v) is 11.6. The highest BCUT2D eigenvalue weighted by molar-refractivity contribution is 8.04. The minimum absolute atomic E-state index is 0.0125. The zero-order valence-electron chi connectivity index (χ0n) is 21.5. The molecule has 3 unspecified atom stereocenters. The smallest absolute Gasteiger partial charge is 0.326 e. The monoisotopic (exact) mass is 567 g/mol. The second-order valence-electron chi connectivity index (χ2n) is 10.2. The van der Waals surface area contributed by atoms with Gasteiger partial charge in [0.05, 0.1) is 16.3 Å². The number of nitrogens with one attached hydrogen (secondary N) is 3. The van der Waals surface area contributed by atoms with E-state index >= 15 is 0 Å². The Kier molecular flexibility index (Phi) is 7.18. The number of thioether (sulfide) groups is 1. The number of ether oxygens (including phenoxy) is 1. The Morgan fingerprint density at radius 2 is 1.97 bits per heavy atom. The molecule has 3 N–H and O–H groups in total. The van der Waals surface area contributed by atoms with Crippen molar-refractivity contribution < 1.29 is 19.1 Å². The molecule has 2 aromatic carbocycles. The van der Waals surface area contributed by atoms with Crippen molar-refractivity contribution >= 4 is 46.9 Å². The summed E-state index contributed by atoms with van der Waals surface area (Å²) >= 11 is 7.17. The van der Waals surface area contributed by atoms with Crippen LogP contribution in [0.4, 0.5) is 10.5 Å². The van der Waals surface area contributed by atoms with Gasteiger partial charge in [0, 0.05) is 36.4 Å². The van der Waals surface area contributed by atoms with E-state index in [-0.39, 0.29) is 47.1 Å². The molecule has 0 bridgehead atoms. The van der Waals surface area contributed by atoms with E-state index in [4.69, 9.17) is 16.3 Å². The SMILES string of the molecule is Cc1cc(Oc2ccccc2)ccc1N1C(=O)NC2=C(C(=O)N[C@@H]3CCN(C(=O)CCl)C3)SC3NCCC1C23. The number of urea groups is 1. The maximum atomic E-state index is 13.6. The van der Waals surface area contributed by atoms with Gasteiger partial charge in [-0.1, -0.05) is 30.0 Å². The van der Waals surface area contributed by atoms with Crippen LogP contribution in [0.1, 0.15) is 18.4 Å². The average Bonchev–Trinajstić information content (AvgIpc) is 3.55. The van der Waals surface area contributed by atoms with Crippen LogP contribution in [0.3, 0.4) is 0 Å². The molecule has 39 heavy (non-hydrogen) atoms. The van der Waals surface area contributed by atoms with Crippen LogP contribution in [0.25, 0.3) is 0 Å². The van der Waals surface area contributed by atoms with Gasteiger partial charge < -0.3 is 25.6 Å². The zero-order chi connectivity index (χ0) is 27.1. The molecule has 4 heterocycles. The molecule has 4 aliphatic rings. The van der Waals surface area contributed by atoms with Crippen molar-refractivity contribution in [3.8, 4) is 11.5 Å². The summed E-state index contributed by atoms with van der Waals surface area (Å²) in [7, 11) is 0. The Hall–Kier alpha value is -3.21. The van der Waals surface area contributed by atoms with E-state index in [2.05, 4.69) is 16.0 Å². The van der Waals surface area contributed by atoms with E-state index < -0.39 is 0 Å². The van der Waals surface area contributed by atoms with E-state index in [1.165, 1.54) is 11.8 Å². The van der Waals surface area contributed by atoms with Crippen molar-refractivity contribution in [2.24, 2.45) is 5.92 Å². The Balaban J connectivity index is 1.21. The van der Waals surface area contributed by atoms with Gasteiger partial charge in [0.1, 0.15) is 17.4 Å². The molecular weight excluding hydrogens is 538 g/mol. The molecule has 4 aliphatic heterocycles. The Morgan fingerprint density at radius 3 is 2.74 bits per heavy atom. The van der Waals surface area contributed by atoms with Gasteiger partial charge in [-0.15, -0.1) is 11.6 Å². The van der Waals surface area contributed by atoms with Crippen LogP contribution < -0.4 is 25.6 Å². The number of rotatable bonds is 6. The molecule has 4 atom stereocenters. The third-order valence-electron chi connectivity index (χ3n) is 7.74. The number of nitrogens with zero attached hydrogens (tertiary/aromatic N) is 2. The molecule has 0 aliphatic carbocycles. The molecule has 3 fully saturated rings. The number of aryl methyl sites for hydroxylation is 1. The lowest BCUT2D eigenvalue weighted by molar-refractivity contribution is -0.127. The van der Waals surface area contributed by atoms with Crippen molar-refractivity contribution in [3.05, 3.63) is 64.7 Å². The maximum absolute atomic E-state index is 13.6. The van der Waals surface area contributed by atoms with Gasteiger partial charge in [-0.3, -0.25) is 14.5 Å². The first-order valence-electron chi connectivity index (χ1n) is 13.2. The molecule has 0 spiro atoms. The molecule has 3 saturated heterocycles. The topological polar surface area (TPSA) is 103 Å². The number of carbonyl (C=O) groups excluding carboxylic acids is 3. The number of benzene rings is 2. The van der Waals surface area contributed by atoms with Crippen LogP contribution in [0.2, 0.25) is 0 Å². The van der Waals surface area contributed by atoms with Crippen LogP contribution in [-0.2, 0) is 9.59 Å². The van der Waals surface area contributed by atoms with E-state index in [1.54, 1.807) is 4.90 Å². The molecule has 6 rings (SSSR count). The van der Waals surface area contributed by atoms with Crippen molar-refractivity contribution in [1.82, 2.24) is 20.9 Å². The van der Waals surface area contributed by atoms with Crippen molar-refractivity contribution in [2.45, 2.75) is 37.2 Å². The standard InChI is InChI=1S/C28H30ClN5O4S/c1-16-13-19(38-18-5-3-2-4-6-18)7-8-20(16)34-21-9-11-30-27-23(21)24(32-28(34)37)25(39-27)26(36)31-17-10-12-33(15-17)22(35)14-29/h2-8,13,17,21,23,27,30H,9-12,14-15H2,1H3,(H,31,36)(H,32,37)/t17-,21?,23?,27?/m1/s1. The predicted octanol–water partition coefficient (Wildman–Crippen LogP) is 3.54. The summed E-state index contributed by atoms with van der Waals surface area (Å²) < 4.78 is 5.99. The van der Waals surface area contributed by atoms with Crippen LogP contribution >= 0.6 is 23.4 Å². The predicted molar refractivity (Wildman–Crippen MR) is 151 cm³/mol. The minimum atomic E-state index is -0.237. The molecule has 0 aromatic heterocycles.